The molecule has 0 amide bonds. The fourth-order valence-corrected chi connectivity index (χ4v) is 4.41. The minimum Gasteiger partial charge on any atom is -0.492 e. The van der Waals surface area contributed by atoms with E-state index in [-0.39, 0.29) is 10.9 Å². The Morgan fingerprint density at radius 3 is 2.74 bits per heavy atom. The van der Waals surface area contributed by atoms with Gasteiger partial charge in [0.1, 0.15) is 5.75 Å². The van der Waals surface area contributed by atoms with Gasteiger partial charge in [0.2, 0.25) is 10.0 Å². The highest BCUT2D eigenvalue weighted by molar-refractivity contribution is 7.89. The Kier molecular flexibility index (Phi) is 6.74. The predicted octanol–water partition coefficient (Wildman–Crippen LogP) is 4.38. The Labute approximate surface area is 144 Å². The molecule has 1 aliphatic rings. The van der Waals surface area contributed by atoms with Gasteiger partial charge in [-0.25, -0.2) is 13.1 Å². The number of rotatable bonds is 7. The Balaban J connectivity index is 2.13. The Bertz CT molecular complexity index is 618. The van der Waals surface area contributed by atoms with E-state index in [4.69, 9.17) is 16.3 Å². The summed E-state index contributed by atoms with van der Waals surface area (Å²) in [6.07, 6.45) is 6.13. The highest BCUT2D eigenvalue weighted by atomic mass is 35.5. The molecule has 0 unspecified atom stereocenters. The van der Waals surface area contributed by atoms with Crippen molar-refractivity contribution >= 4 is 21.6 Å². The number of halogens is 1. The van der Waals surface area contributed by atoms with Crippen LogP contribution < -0.4 is 9.46 Å². The van der Waals surface area contributed by atoms with Gasteiger partial charge in [-0.15, -0.1) is 0 Å². The second-order valence-electron chi connectivity index (χ2n) is 6.28. The van der Waals surface area contributed by atoms with Crippen molar-refractivity contribution in [1.29, 1.82) is 0 Å². The van der Waals surface area contributed by atoms with E-state index in [9.17, 15) is 8.42 Å². The lowest BCUT2D eigenvalue weighted by Gasteiger charge is -2.29. The average Bonchev–Trinajstić information content (AvgIpc) is 2.51. The van der Waals surface area contributed by atoms with E-state index in [0.717, 1.165) is 32.1 Å². The third kappa shape index (κ3) is 5.10. The van der Waals surface area contributed by atoms with Crippen LogP contribution in [-0.2, 0) is 10.0 Å². The van der Waals surface area contributed by atoms with Gasteiger partial charge in [-0.1, -0.05) is 44.7 Å². The van der Waals surface area contributed by atoms with Gasteiger partial charge >= 0.3 is 0 Å². The second-order valence-corrected chi connectivity index (χ2v) is 8.40. The zero-order valence-corrected chi connectivity index (χ0v) is 15.4. The molecule has 23 heavy (non-hydrogen) atoms. The maximum atomic E-state index is 12.6. The van der Waals surface area contributed by atoms with Crippen molar-refractivity contribution in [1.82, 2.24) is 4.72 Å². The van der Waals surface area contributed by atoms with Gasteiger partial charge in [0.05, 0.1) is 16.5 Å². The molecule has 1 aliphatic carbocycles. The summed E-state index contributed by atoms with van der Waals surface area (Å²) in [7, 11) is -3.55. The summed E-state index contributed by atoms with van der Waals surface area (Å²) in [5.41, 5.74) is 0. The van der Waals surface area contributed by atoms with E-state index in [1.807, 2.05) is 0 Å². The first kappa shape index (κ1) is 18.6. The standard InChI is InChI=1S/C17H26ClNO3S/c1-3-4-11-22-17-12-14(9-10-15(17)18)23(20,21)19-16-8-6-5-7-13(16)2/h9-10,12-13,16,19H,3-8,11H2,1-2H3/t13-,16+/m1/s1. The van der Waals surface area contributed by atoms with Gasteiger partial charge in [-0.3, -0.25) is 0 Å². The van der Waals surface area contributed by atoms with E-state index in [0.29, 0.717) is 23.3 Å². The SMILES string of the molecule is CCCCOc1cc(S(=O)(=O)N[C@H]2CCCC[C@H]2C)ccc1Cl. The lowest BCUT2D eigenvalue weighted by molar-refractivity contribution is 0.307. The first-order chi connectivity index (χ1) is 10.9. The third-order valence-corrected chi connectivity index (χ3v) is 6.19. The number of hydrogen-bond donors (Lipinski definition) is 1. The molecule has 130 valence electrons. The van der Waals surface area contributed by atoms with E-state index in [2.05, 4.69) is 18.6 Å². The molecule has 4 nitrogen and oxygen atoms in total. The minimum atomic E-state index is -3.55. The van der Waals surface area contributed by atoms with Crippen LogP contribution in [0.2, 0.25) is 5.02 Å². The van der Waals surface area contributed by atoms with Crippen molar-refractivity contribution in [2.24, 2.45) is 5.92 Å². The molecule has 2 rings (SSSR count). The van der Waals surface area contributed by atoms with Gasteiger partial charge in [0.25, 0.3) is 0 Å². The minimum absolute atomic E-state index is 0.00823. The largest absolute Gasteiger partial charge is 0.492 e. The fourth-order valence-electron chi connectivity index (χ4n) is 2.85. The van der Waals surface area contributed by atoms with Crippen LogP contribution in [0.25, 0.3) is 0 Å². The zero-order valence-electron chi connectivity index (χ0n) is 13.8. The maximum Gasteiger partial charge on any atom is 0.240 e. The molecule has 2 atom stereocenters. The second kappa shape index (κ2) is 8.36. The normalized spacial score (nSPS) is 22.0. The Morgan fingerprint density at radius 2 is 2.04 bits per heavy atom. The molecular formula is C17H26ClNO3S. The summed E-state index contributed by atoms with van der Waals surface area (Å²) in [6.45, 7) is 4.71. The van der Waals surface area contributed by atoms with Crippen LogP contribution in [0.5, 0.6) is 5.75 Å². The van der Waals surface area contributed by atoms with Crippen LogP contribution in [-0.4, -0.2) is 21.1 Å². The van der Waals surface area contributed by atoms with Crippen molar-refractivity contribution in [3.8, 4) is 5.75 Å². The Morgan fingerprint density at radius 1 is 1.30 bits per heavy atom. The van der Waals surface area contributed by atoms with Gasteiger partial charge < -0.3 is 4.74 Å². The molecule has 0 aromatic heterocycles. The molecule has 1 fully saturated rings. The van der Waals surface area contributed by atoms with Crippen LogP contribution in [0.3, 0.4) is 0 Å². The van der Waals surface area contributed by atoms with E-state index in [1.165, 1.54) is 18.6 Å². The molecule has 0 aliphatic heterocycles. The summed E-state index contributed by atoms with van der Waals surface area (Å²) in [4.78, 5) is 0.214. The van der Waals surface area contributed by atoms with Crippen molar-refractivity contribution < 1.29 is 13.2 Å². The lowest BCUT2D eigenvalue weighted by Crippen LogP contribution is -2.40. The number of sulfonamides is 1. The molecule has 1 saturated carbocycles. The lowest BCUT2D eigenvalue weighted by atomic mass is 9.87. The Hall–Kier alpha value is -0.780. The maximum absolute atomic E-state index is 12.6. The predicted molar refractivity (Wildman–Crippen MR) is 93.6 cm³/mol. The number of hydrogen-bond acceptors (Lipinski definition) is 3. The quantitative estimate of drug-likeness (QED) is 0.735. The van der Waals surface area contributed by atoms with Crippen LogP contribution in [0.1, 0.15) is 52.4 Å². The van der Waals surface area contributed by atoms with E-state index >= 15 is 0 Å². The fraction of sp³-hybridized carbons (Fsp3) is 0.647. The molecule has 0 spiro atoms. The summed E-state index contributed by atoms with van der Waals surface area (Å²) >= 11 is 6.10. The molecule has 0 saturated heterocycles. The molecular weight excluding hydrogens is 334 g/mol. The van der Waals surface area contributed by atoms with Gasteiger partial charge in [-0.2, -0.15) is 0 Å². The van der Waals surface area contributed by atoms with Crippen LogP contribution in [0, 0.1) is 5.92 Å². The van der Waals surface area contributed by atoms with Crippen LogP contribution >= 0.6 is 11.6 Å². The molecule has 1 N–H and O–H groups in total. The monoisotopic (exact) mass is 359 g/mol. The van der Waals surface area contributed by atoms with E-state index in [1.54, 1.807) is 6.07 Å². The zero-order chi connectivity index (χ0) is 16.9. The van der Waals surface area contributed by atoms with Gasteiger partial charge in [-0.05, 0) is 37.3 Å². The topological polar surface area (TPSA) is 55.4 Å². The molecule has 1 aromatic carbocycles. The molecule has 6 heteroatoms. The third-order valence-electron chi connectivity index (χ3n) is 4.39. The highest BCUT2D eigenvalue weighted by Gasteiger charge is 2.27. The number of unbranched alkanes of at least 4 members (excludes halogenated alkanes) is 1. The summed E-state index contributed by atoms with van der Waals surface area (Å²) in [5.74, 6) is 0.797. The number of ether oxygens (including phenoxy) is 1. The van der Waals surface area contributed by atoms with Gasteiger partial charge in [0, 0.05) is 12.1 Å². The van der Waals surface area contributed by atoms with Crippen LogP contribution in [0.15, 0.2) is 23.1 Å². The van der Waals surface area contributed by atoms with E-state index < -0.39 is 10.0 Å². The van der Waals surface area contributed by atoms with Crippen molar-refractivity contribution in [3.63, 3.8) is 0 Å². The smallest absolute Gasteiger partial charge is 0.240 e. The van der Waals surface area contributed by atoms with Crippen molar-refractivity contribution in [3.05, 3.63) is 23.2 Å². The molecule has 0 bridgehead atoms. The van der Waals surface area contributed by atoms with Gasteiger partial charge in [0.15, 0.2) is 0 Å². The van der Waals surface area contributed by atoms with Crippen molar-refractivity contribution in [2.45, 2.75) is 63.3 Å². The molecule has 0 radical (unpaired) electrons. The number of benzene rings is 1. The average molecular weight is 360 g/mol. The first-order valence-electron chi connectivity index (χ1n) is 8.38. The van der Waals surface area contributed by atoms with Crippen LogP contribution in [0.4, 0.5) is 0 Å². The highest BCUT2D eigenvalue weighted by Crippen LogP contribution is 2.29. The summed E-state index contributed by atoms with van der Waals surface area (Å²) in [6, 6.07) is 4.65. The first-order valence-corrected chi connectivity index (χ1v) is 10.2. The summed E-state index contributed by atoms with van der Waals surface area (Å²) in [5, 5.41) is 0.436. The molecule has 1 aromatic rings. The number of nitrogens with one attached hydrogen (secondary N) is 1. The summed E-state index contributed by atoms with van der Waals surface area (Å²) < 4.78 is 33.7. The molecule has 0 heterocycles. The van der Waals surface area contributed by atoms with Crippen molar-refractivity contribution in [2.75, 3.05) is 6.61 Å².